The summed E-state index contributed by atoms with van der Waals surface area (Å²) < 4.78 is 12.3. The van der Waals surface area contributed by atoms with E-state index < -0.39 is 8.56 Å². The molecule has 4 bridgehead atoms. The Morgan fingerprint density at radius 3 is 1.56 bits per heavy atom. The summed E-state index contributed by atoms with van der Waals surface area (Å²) in [5.74, 6) is 2.94. The summed E-state index contributed by atoms with van der Waals surface area (Å²) in [5, 5.41) is 0.430. The van der Waals surface area contributed by atoms with Gasteiger partial charge in [-0.25, -0.2) is 0 Å². The van der Waals surface area contributed by atoms with E-state index in [2.05, 4.69) is 13.8 Å². The van der Waals surface area contributed by atoms with Crippen LogP contribution in [0.5, 0.6) is 0 Å². The van der Waals surface area contributed by atoms with Crippen molar-refractivity contribution in [3.63, 3.8) is 0 Å². The highest BCUT2D eigenvalue weighted by Crippen LogP contribution is 2.69. The van der Waals surface area contributed by atoms with Gasteiger partial charge in [-0.2, -0.15) is 0 Å². The van der Waals surface area contributed by atoms with E-state index in [0.29, 0.717) is 10.6 Å². The molecule has 4 aliphatic rings. The second kappa shape index (κ2) is 4.32. The molecular formula is C15H28O2Si. The van der Waals surface area contributed by atoms with Gasteiger partial charge in [0.2, 0.25) is 0 Å². The van der Waals surface area contributed by atoms with Crippen molar-refractivity contribution in [2.45, 2.75) is 63.0 Å². The Morgan fingerprint density at radius 2 is 1.28 bits per heavy atom. The zero-order chi connectivity index (χ0) is 13.0. The Hall–Kier alpha value is 0.137. The fraction of sp³-hybridized carbons (Fsp3) is 1.00. The summed E-state index contributed by atoms with van der Waals surface area (Å²) in [7, 11) is 1.75. The topological polar surface area (TPSA) is 18.5 Å². The fourth-order valence-electron chi connectivity index (χ4n) is 6.14. The van der Waals surface area contributed by atoms with Crippen molar-refractivity contribution in [1.82, 2.24) is 0 Å². The number of rotatable bonds is 4. The second-order valence-corrected chi connectivity index (χ2v) is 11.8. The third-order valence-corrected chi connectivity index (χ3v) is 11.0. The van der Waals surface area contributed by atoms with Crippen LogP contribution in [-0.2, 0) is 8.85 Å². The highest BCUT2D eigenvalue weighted by molar-refractivity contribution is 6.72. The molecule has 4 fully saturated rings. The van der Waals surface area contributed by atoms with Gasteiger partial charge in [0.25, 0.3) is 0 Å². The molecule has 104 valence electrons. The maximum atomic E-state index is 6.15. The summed E-state index contributed by atoms with van der Waals surface area (Å²) in [6.45, 7) is 4.63. The first-order valence-electron chi connectivity index (χ1n) is 7.65. The van der Waals surface area contributed by atoms with Gasteiger partial charge in [-0.3, -0.25) is 0 Å². The zero-order valence-electron chi connectivity index (χ0n) is 12.4. The summed E-state index contributed by atoms with van der Waals surface area (Å²) >= 11 is 0. The molecule has 0 aliphatic heterocycles. The minimum atomic E-state index is -2.07. The van der Waals surface area contributed by atoms with Crippen LogP contribution in [0.15, 0.2) is 0 Å². The normalized spacial score (nSPS) is 42.8. The molecule has 0 aromatic heterocycles. The van der Waals surface area contributed by atoms with Crippen LogP contribution in [-0.4, -0.2) is 22.8 Å². The highest BCUT2D eigenvalue weighted by atomic mass is 28.4. The Labute approximate surface area is 113 Å². The Morgan fingerprint density at radius 1 is 0.889 bits per heavy atom. The molecule has 0 saturated heterocycles. The van der Waals surface area contributed by atoms with Gasteiger partial charge in [0.15, 0.2) is 0 Å². The monoisotopic (exact) mass is 268 g/mol. The maximum Gasteiger partial charge on any atom is 0.346 e. The van der Waals surface area contributed by atoms with Gasteiger partial charge in [0, 0.05) is 19.3 Å². The molecule has 4 saturated carbocycles. The van der Waals surface area contributed by atoms with E-state index in [-0.39, 0.29) is 0 Å². The molecule has 4 aliphatic carbocycles. The molecule has 3 heteroatoms. The van der Waals surface area contributed by atoms with Gasteiger partial charge in [-0.1, -0.05) is 13.8 Å². The van der Waals surface area contributed by atoms with E-state index >= 15 is 0 Å². The first-order chi connectivity index (χ1) is 8.55. The lowest BCUT2D eigenvalue weighted by Gasteiger charge is -2.62. The van der Waals surface area contributed by atoms with E-state index in [9.17, 15) is 0 Å². The SMILES string of the molecule is CO[Si](OC)(C(C)C)C12CC3CC(CC(C3)C1)C2. The Balaban J connectivity index is 1.98. The van der Waals surface area contributed by atoms with E-state index in [4.69, 9.17) is 8.85 Å². The lowest BCUT2D eigenvalue weighted by Crippen LogP contribution is -2.61. The summed E-state index contributed by atoms with van der Waals surface area (Å²) in [5.41, 5.74) is 0.559. The number of hydrogen-bond acceptors (Lipinski definition) is 2. The molecule has 0 unspecified atom stereocenters. The standard InChI is InChI=1S/C15H28O2Si/c1-11(2)18(16-3,17-4)15-8-12-5-13(9-15)7-14(6-12)10-15/h11-14H,5-10H2,1-4H3. The van der Waals surface area contributed by atoms with Crippen molar-refractivity contribution in [1.29, 1.82) is 0 Å². The molecule has 0 amide bonds. The first kappa shape index (κ1) is 13.1. The molecule has 0 atom stereocenters. The molecule has 4 rings (SSSR count). The predicted octanol–water partition coefficient (Wildman–Crippen LogP) is 4.10. The molecule has 0 radical (unpaired) electrons. The molecule has 18 heavy (non-hydrogen) atoms. The summed E-state index contributed by atoms with van der Waals surface area (Å²) in [4.78, 5) is 0. The second-order valence-electron chi connectivity index (χ2n) is 7.43. The van der Waals surface area contributed by atoms with Crippen molar-refractivity contribution in [3.8, 4) is 0 Å². The lowest BCUT2D eigenvalue weighted by molar-refractivity contribution is -0.000144. The molecule has 0 spiro atoms. The van der Waals surface area contributed by atoms with Crippen molar-refractivity contribution in [2.75, 3.05) is 14.2 Å². The average Bonchev–Trinajstić information content (AvgIpc) is 2.28. The minimum absolute atomic E-state index is 0.430. The molecular weight excluding hydrogens is 240 g/mol. The van der Waals surface area contributed by atoms with Crippen LogP contribution in [0.2, 0.25) is 10.6 Å². The zero-order valence-corrected chi connectivity index (χ0v) is 13.4. The fourth-order valence-corrected chi connectivity index (χ4v) is 11.1. The summed E-state index contributed by atoms with van der Waals surface area (Å²) in [6.07, 6.45) is 8.67. The van der Waals surface area contributed by atoms with Gasteiger partial charge in [0.05, 0.1) is 0 Å². The number of hydrogen-bond donors (Lipinski definition) is 0. The van der Waals surface area contributed by atoms with Gasteiger partial charge >= 0.3 is 8.56 Å². The van der Waals surface area contributed by atoms with E-state index in [0.717, 1.165) is 17.8 Å². The summed E-state index contributed by atoms with van der Waals surface area (Å²) in [6, 6.07) is 0. The Kier molecular flexibility index (Phi) is 3.15. The predicted molar refractivity (Wildman–Crippen MR) is 75.7 cm³/mol. The van der Waals surface area contributed by atoms with Crippen LogP contribution < -0.4 is 0 Å². The van der Waals surface area contributed by atoms with E-state index in [1.165, 1.54) is 38.5 Å². The van der Waals surface area contributed by atoms with Crippen LogP contribution in [0.1, 0.15) is 52.4 Å². The van der Waals surface area contributed by atoms with Gasteiger partial charge in [0.1, 0.15) is 0 Å². The van der Waals surface area contributed by atoms with Crippen molar-refractivity contribution >= 4 is 8.56 Å². The molecule has 2 nitrogen and oxygen atoms in total. The van der Waals surface area contributed by atoms with Crippen LogP contribution >= 0.6 is 0 Å². The van der Waals surface area contributed by atoms with Crippen LogP contribution in [0.4, 0.5) is 0 Å². The third-order valence-electron chi connectivity index (χ3n) is 6.14. The molecule has 0 aromatic carbocycles. The van der Waals surface area contributed by atoms with Crippen LogP contribution in [0.3, 0.4) is 0 Å². The van der Waals surface area contributed by atoms with Crippen LogP contribution in [0, 0.1) is 17.8 Å². The van der Waals surface area contributed by atoms with Crippen molar-refractivity contribution in [3.05, 3.63) is 0 Å². The highest BCUT2D eigenvalue weighted by Gasteiger charge is 2.65. The average molecular weight is 268 g/mol. The minimum Gasteiger partial charge on any atom is -0.397 e. The largest absolute Gasteiger partial charge is 0.397 e. The van der Waals surface area contributed by atoms with Gasteiger partial charge < -0.3 is 8.85 Å². The van der Waals surface area contributed by atoms with Crippen molar-refractivity contribution in [2.24, 2.45) is 17.8 Å². The van der Waals surface area contributed by atoms with Gasteiger partial charge in [-0.15, -0.1) is 0 Å². The smallest absolute Gasteiger partial charge is 0.346 e. The van der Waals surface area contributed by atoms with Gasteiger partial charge in [-0.05, 0) is 61.8 Å². The lowest BCUT2D eigenvalue weighted by atomic mass is 9.56. The van der Waals surface area contributed by atoms with Crippen molar-refractivity contribution < 1.29 is 8.85 Å². The van der Waals surface area contributed by atoms with E-state index in [1.807, 2.05) is 14.2 Å². The molecule has 0 N–H and O–H groups in total. The molecule has 0 heterocycles. The third kappa shape index (κ3) is 1.60. The Bertz CT molecular complexity index is 287. The maximum absolute atomic E-state index is 6.15. The first-order valence-corrected chi connectivity index (χ1v) is 9.55. The quantitative estimate of drug-likeness (QED) is 0.715. The molecule has 0 aromatic rings. The van der Waals surface area contributed by atoms with Crippen LogP contribution in [0.25, 0.3) is 0 Å². The van der Waals surface area contributed by atoms with E-state index in [1.54, 1.807) is 0 Å².